The number of nitrogens with zero attached hydrogens (tertiary/aromatic N) is 1. The van der Waals surface area contributed by atoms with Gasteiger partial charge in [0.25, 0.3) is 0 Å². The number of urea groups is 1. The minimum Gasteiger partial charge on any atom is -0.475 e. The number of halogens is 6. The lowest BCUT2D eigenvalue weighted by molar-refractivity contribution is -0.368. The third-order valence-corrected chi connectivity index (χ3v) is 5.05. The van der Waals surface area contributed by atoms with Crippen LogP contribution in [0.5, 0.6) is 0 Å². The molecule has 1 atom stereocenters. The number of rotatable bonds is 2. The van der Waals surface area contributed by atoms with Crippen LogP contribution in [0.2, 0.25) is 0 Å². The summed E-state index contributed by atoms with van der Waals surface area (Å²) in [6.45, 7) is 0.0823. The first kappa shape index (κ1) is 26.4. The zero-order chi connectivity index (χ0) is 26.9. The standard InChI is InChI=1S/C19H16F3N5O2.C2HF3O2/c20-19(21,22)18(6-5-11-1-2-11)13-4-3-12(7-14(13)25-17(29)26-18)9-27-10-24-15(23)8-16(27)28;3-2(4,5)1(6)7/h3-4,7-8,10-11H,1-2,9,23H2,(H2,25,26,29);(H,6,7)/p+1. The van der Waals surface area contributed by atoms with E-state index in [0.29, 0.717) is 5.56 Å². The zero-order valence-corrected chi connectivity index (χ0v) is 18.0. The van der Waals surface area contributed by atoms with Gasteiger partial charge in [0.05, 0.1) is 12.6 Å². The van der Waals surface area contributed by atoms with Crippen LogP contribution in [0.4, 0.5) is 42.6 Å². The van der Waals surface area contributed by atoms with Crippen LogP contribution in [0.3, 0.4) is 0 Å². The van der Waals surface area contributed by atoms with Gasteiger partial charge in [-0.1, -0.05) is 24.0 Å². The second-order valence-electron chi connectivity index (χ2n) is 7.89. The van der Waals surface area contributed by atoms with Crippen LogP contribution in [-0.4, -0.2) is 34.0 Å². The number of hydrogen-bond acceptors (Lipinski definition) is 4. The predicted octanol–water partition coefficient (Wildman–Crippen LogP) is 2.23. The van der Waals surface area contributed by atoms with Crippen molar-refractivity contribution >= 4 is 23.5 Å². The number of aliphatic carboxylic acids is 1. The molecule has 1 unspecified atom stereocenters. The van der Waals surface area contributed by atoms with Gasteiger partial charge in [-0.2, -0.15) is 26.3 Å². The van der Waals surface area contributed by atoms with Crippen molar-refractivity contribution < 1.29 is 46.0 Å². The van der Waals surface area contributed by atoms with Crippen molar-refractivity contribution in [3.05, 3.63) is 52.1 Å². The van der Waals surface area contributed by atoms with E-state index in [2.05, 4.69) is 22.1 Å². The Morgan fingerprint density at radius 1 is 1.19 bits per heavy atom. The monoisotopic (exact) mass is 518 g/mol. The Morgan fingerprint density at radius 3 is 2.36 bits per heavy atom. The van der Waals surface area contributed by atoms with Gasteiger partial charge in [0.2, 0.25) is 11.4 Å². The Morgan fingerprint density at radius 2 is 1.83 bits per heavy atom. The molecule has 2 aliphatic rings. The lowest BCUT2D eigenvalue weighted by Gasteiger charge is -2.37. The molecule has 1 aromatic heterocycles. The predicted molar refractivity (Wildman–Crippen MR) is 111 cm³/mol. The number of carboxylic acid groups (broad SMARTS) is 1. The van der Waals surface area contributed by atoms with E-state index in [4.69, 9.17) is 15.6 Å². The number of anilines is 2. The maximum absolute atomic E-state index is 14.1. The number of aromatic nitrogens is 2. The number of amides is 2. The van der Waals surface area contributed by atoms with Gasteiger partial charge in [-0.3, -0.25) is 9.78 Å². The second-order valence-corrected chi connectivity index (χ2v) is 7.89. The van der Waals surface area contributed by atoms with Gasteiger partial charge in [-0.15, -0.1) is 0 Å². The Balaban J connectivity index is 0.000000454. The first-order chi connectivity index (χ1) is 16.6. The molecule has 0 spiro atoms. The summed E-state index contributed by atoms with van der Waals surface area (Å²) in [5, 5.41) is 11.5. The molecule has 15 heteroatoms. The van der Waals surface area contributed by atoms with Gasteiger partial charge in [0, 0.05) is 17.2 Å². The minimum atomic E-state index is -5.08. The average Bonchev–Trinajstić information content (AvgIpc) is 3.57. The second kappa shape index (κ2) is 9.44. The number of benzene rings is 1. The smallest absolute Gasteiger partial charge is 0.475 e. The highest BCUT2D eigenvalue weighted by Gasteiger charge is 2.59. The molecule has 2 amide bonds. The van der Waals surface area contributed by atoms with Gasteiger partial charge in [0.15, 0.2) is 6.33 Å². The molecule has 0 bridgehead atoms. The lowest BCUT2D eigenvalue weighted by Crippen LogP contribution is -2.59. The molecule has 1 aliphatic carbocycles. The topological polar surface area (TPSA) is 141 Å². The number of nitrogens with one attached hydrogen (secondary N) is 3. The summed E-state index contributed by atoms with van der Waals surface area (Å²) < 4.78 is 75.2. The molecule has 2 aromatic rings. The fourth-order valence-corrected chi connectivity index (χ4v) is 3.14. The summed E-state index contributed by atoms with van der Waals surface area (Å²) in [6.07, 6.45) is -7.01. The zero-order valence-electron chi connectivity index (χ0n) is 18.0. The van der Waals surface area contributed by atoms with Gasteiger partial charge < -0.3 is 21.5 Å². The maximum Gasteiger partial charge on any atom is 0.490 e. The summed E-state index contributed by atoms with van der Waals surface area (Å²) in [7, 11) is 0. The number of hydrogen-bond donors (Lipinski definition) is 4. The van der Waals surface area contributed by atoms with E-state index in [9.17, 15) is 35.9 Å². The van der Waals surface area contributed by atoms with Crippen LogP contribution in [0.15, 0.2) is 35.4 Å². The minimum absolute atomic E-state index is 0.00106. The van der Waals surface area contributed by atoms with E-state index >= 15 is 0 Å². The van der Waals surface area contributed by atoms with E-state index in [-0.39, 0.29) is 35.1 Å². The normalized spacial score (nSPS) is 18.9. The van der Waals surface area contributed by atoms with Crippen molar-refractivity contribution in [2.24, 2.45) is 5.92 Å². The fourth-order valence-electron chi connectivity index (χ4n) is 3.14. The SMILES string of the molecule is Nc1cc(=O)n(Cc2ccc3c(c2)NC(=O)NC3(C#CC2CC2)C(F)(F)F)c[nH+]1.O=C(O)C(F)(F)F. The van der Waals surface area contributed by atoms with Crippen molar-refractivity contribution in [2.45, 2.75) is 37.3 Å². The molecule has 1 fully saturated rings. The number of carboxylic acids is 1. The number of nitrogens with two attached hydrogens (primary N) is 1. The van der Waals surface area contributed by atoms with Crippen LogP contribution in [0.1, 0.15) is 24.0 Å². The lowest BCUT2D eigenvalue weighted by atomic mass is 9.85. The number of aromatic amines is 1. The molecule has 1 aliphatic heterocycles. The molecular weight excluding hydrogens is 500 g/mol. The molecule has 192 valence electrons. The molecule has 0 radical (unpaired) electrons. The van der Waals surface area contributed by atoms with Gasteiger partial charge in [-0.05, 0) is 24.5 Å². The quantitative estimate of drug-likeness (QED) is 0.357. The van der Waals surface area contributed by atoms with E-state index in [1.807, 2.05) is 5.32 Å². The van der Waals surface area contributed by atoms with Gasteiger partial charge in [0.1, 0.15) is 0 Å². The third kappa shape index (κ3) is 5.88. The van der Waals surface area contributed by atoms with Crippen molar-refractivity contribution in [2.75, 3.05) is 11.1 Å². The Labute approximate surface area is 198 Å². The summed E-state index contributed by atoms with van der Waals surface area (Å²) in [4.78, 5) is 35.6. The van der Waals surface area contributed by atoms with E-state index in [0.717, 1.165) is 12.8 Å². The number of nitrogen functional groups attached to an aromatic ring is 1. The van der Waals surface area contributed by atoms with Gasteiger partial charge in [-0.25, -0.2) is 14.2 Å². The highest BCUT2D eigenvalue weighted by Crippen LogP contribution is 2.44. The third-order valence-electron chi connectivity index (χ3n) is 5.05. The van der Waals surface area contributed by atoms with Crippen LogP contribution in [-0.2, 0) is 16.9 Å². The first-order valence-corrected chi connectivity index (χ1v) is 10.1. The number of fused-ring (bicyclic) bond motifs is 1. The number of H-pyrrole nitrogens is 1. The molecular formula is C21H18F6N5O4+. The highest BCUT2D eigenvalue weighted by atomic mass is 19.4. The molecule has 4 rings (SSSR count). The van der Waals surface area contributed by atoms with Gasteiger partial charge >= 0.3 is 29.9 Å². The Kier molecular flexibility index (Phi) is 6.92. The average molecular weight is 518 g/mol. The largest absolute Gasteiger partial charge is 0.490 e. The summed E-state index contributed by atoms with van der Waals surface area (Å²) in [6, 6.07) is 4.37. The Bertz CT molecular complexity index is 1310. The van der Waals surface area contributed by atoms with E-state index in [1.165, 1.54) is 35.2 Å². The fraction of sp³-hybridized carbons (Fsp3) is 0.333. The van der Waals surface area contributed by atoms with E-state index < -0.39 is 29.9 Å². The molecule has 1 saturated carbocycles. The van der Waals surface area contributed by atoms with E-state index in [1.54, 1.807) is 0 Å². The molecule has 1 aromatic carbocycles. The van der Waals surface area contributed by atoms with Crippen LogP contribution >= 0.6 is 0 Å². The van der Waals surface area contributed by atoms with Crippen LogP contribution < -0.4 is 26.9 Å². The molecule has 2 heterocycles. The maximum atomic E-state index is 14.1. The first-order valence-electron chi connectivity index (χ1n) is 10.1. The summed E-state index contributed by atoms with van der Waals surface area (Å²) in [5.41, 5.74) is 2.70. The number of alkyl halides is 6. The summed E-state index contributed by atoms with van der Waals surface area (Å²) >= 11 is 0. The molecule has 9 nitrogen and oxygen atoms in total. The number of carbonyl (C=O) groups is 2. The van der Waals surface area contributed by atoms with Crippen LogP contribution in [0, 0.1) is 17.8 Å². The Hall–Kier alpha value is -4.22. The van der Waals surface area contributed by atoms with Crippen molar-refractivity contribution in [3.63, 3.8) is 0 Å². The summed E-state index contributed by atoms with van der Waals surface area (Å²) in [5.74, 6) is 2.28. The van der Waals surface area contributed by atoms with Crippen LogP contribution in [0.25, 0.3) is 0 Å². The van der Waals surface area contributed by atoms with Crippen molar-refractivity contribution in [3.8, 4) is 11.8 Å². The van der Waals surface area contributed by atoms with Crippen molar-refractivity contribution in [1.29, 1.82) is 0 Å². The molecule has 36 heavy (non-hydrogen) atoms. The molecule has 6 N–H and O–H groups in total. The highest BCUT2D eigenvalue weighted by molar-refractivity contribution is 5.95. The number of carbonyl (C=O) groups excluding carboxylic acids is 1. The molecule has 0 saturated heterocycles. The van der Waals surface area contributed by atoms with Crippen molar-refractivity contribution in [1.82, 2.24) is 9.88 Å².